The van der Waals surface area contributed by atoms with Crippen molar-refractivity contribution in [1.82, 2.24) is 5.32 Å². The predicted molar refractivity (Wildman–Crippen MR) is 106 cm³/mol. The molecule has 2 aromatic heterocycles. The molecule has 0 spiro atoms. The second-order valence-corrected chi connectivity index (χ2v) is 6.98. The molecule has 3 aromatic rings. The Morgan fingerprint density at radius 1 is 1.08 bits per heavy atom. The zero-order chi connectivity index (χ0) is 18.4. The van der Waals surface area contributed by atoms with E-state index < -0.39 is 5.91 Å². The summed E-state index contributed by atoms with van der Waals surface area (Å²) in [7, 11) is 1.58. The van der Waals surface area contributed by atoms with Crippen LogP contribution in [0.1, 0.15) is 15.2 Å². The van der Waals surface area contributed by atoms with Crippen molar-refractivity contribution >= 4 is 46.3 Å². The highest BCUT2D eigenvalue weighted by Gasteiger charge is 2.15. The first-order valence-corrected chi connectivity index (χ1v) is 9.52. The Bertz CT molecular complexity index is 899. The van der Waals surface area contributed by atoms with Crippen molar-refractivity contribution in [3.63, 3.8) is 0 Å². The van der Waals surface area contributed by atoms with Crippen molar-refractivity contribution in [2.45, 2.75) is 0 Å². The average Bonchev–Trinajstić information content (AvgIpc) is 3.35. The van der Waals surface area contributed by atoms with Crippen LogP contribution in [0.4, 0.5) is 5.69 Å². The van der Waals surface area contributed by atoms with Crippen LogP contribution >= 0.6 is 22.7 Å². The predicted octanol–water partition coefficient (Wildman–Crippen LogP) is 4.23. The van der Waals surface area contributed by atoms with E-state index >= 15 is 0 Å². The van der Waals surface area contributed by atoms with Crippen molar-refractivity contribution in [3.8, 4) is 5.75 Å². The number of hydrogen-bond acceptors (Lipinski definition) is 5. The van der Waals surface area contributed by atoms with Gasteiger partial charge >= 0.3 is 0 Å². The second kappa shape index (κ2) is 8.46. The molecule has 2 heterocycles. The molecule has 0 saturated carbocycles. The smallest absolute Gasteiger partial charge is 0.272 e. The molecular formula is C19H16N2O3S2. The number of nitrogens with one attached hydrogen (secondary N) is 2. The SMILES string of the molecule is COc1ccc(NC(=O)C(=Cc2cccs2)NC(=O)c2ccsc2)cc1. The van der Waals surface area contributed by atoms with Crippen LogP contribution in [0.3, 0.4) is 0 Å². The number of hydrogen-bond donors (Lipinski definition) is 2. The molecule has 0 radical (unpaired) electrons. The minimum absolute atomic E-state index is 0.180. The van der Waals surface area contributed by atoms with E-state index in [0.29, 0.717) is 17.0 Å². The molecule has 7 heteroatoms. The van der Waals surface area contributed by atoms with Crippen LogP contribution in [0.15, 0.2) is 64.3 Å². The van der Waals surface area contributed by atoms with E-state index in [1.807, 2.05) is 22.9 Å². The van der Waals surface area contributed by atoms with Gasteiger partial charge in [-0.3, -0.25) is 9.59 Å². The molecule has 0 bridgehead atoms. The van der Waals surface area contributed by atoms with Gasteiger partial charge in [0.25, 0.3) is 11.8 Å². The van der Waals surface area contributed by atoms with Gasteiger partial charge in [0.2, 0.25) is 0 Å². The summed E-state index contributed by atoms with van der Waals surface area (Å²) in [4.78, 5) is 25.9. The number of rotatable bonds is 6. The van der Waals surface area contributed by atoms with Gasteiger partial charge in [-0.05, 0) is 53.2 Å². The standard InChI is InChI=1S/C19H16N2O3S2/c1-24-15-6-4-14(5-7-15)20-19(23)17(11-16-3-2-9-26-16)21-18(22)13-8-10-25-12-13/h2-12H,1H3,(H,20,23)(H,21,22). The lowest BCUT2D eigenvalue weighted by Crippen LogP contribution is -2.30. The number of anilines is 1. The van der Waals surface area contributed by atoms with E-state index in [1.54, 1.807) is 48.9 Å². The molecule has 132 valence electrons. The summed E-state index contributed by atoms with van der Waals surface area (Å²) in [5.41, 5.74) is 1.31. The van der Waals surface area contributed by atoms with Crippen molar-refractivity contribution in [1.29, 1.82) is 0 Å². The quantitative estimate of drug-likeness (QED) is 0.625. The number of carbonyl (C=O) groups is 2. The van der Waals surface area contributed by atoms with Crippen LogP contribution in [-0.2, 0) is 4.79 Å². The van der Waals surface area contributed by atoms with E-state index in [4.69, 9.17) is 4.74 Å². The first-order valence-electron chi connectivity index (χ1n) is 7.70. The molecule has 0 aliphatic carbocycles. The number of amides is 2. The van der Waals surface area contributed by atoms with Gasteiger partial charge in [0, 0.05) is 15.9 Å². The van der Waals surface area contributed by atoms with Gasteiger partial charge < -0.3 is 15.4 Å². The fourth-order valence-corrected chi connectivity index (χ4v) is 3.43. The van der Waals surface area contributed by atoms with Crippen molar-refractivity contribution in [2.75, 3.05) is 12.4 Å². The highest BCUT2D eigenvalue weighted by molar-refractivity contribution is 7.10. The Balaban J connectivity index is 1.79. The summed E-state index contributed by atoms with van der Waals surface area (Å²) in [6.07, 6.45) is 1.66. The lowest BCUT2D eigenvalue weighted by molar-refractivity contribution is -0.113. The highest BCUT2D eigenvalue weighted by Crippen LogP contribution is 2.17. The minimum atomic E-state index is -0.396. The largest absolute Gasteiger partial charge is 0.497 e. The fraction of sp³-hybridized carbons (Fsp3) is 0.0526. The molecule has 3 rings (SSSR count). The number of carbonyl (C=O) groups excluding carboxylic acids is 2. The molecule has 0 saturated heterocycles. The summed E-state index contributed by atoms with van der Waals surface area (Å²) >= 11 is 2.91. The second-order valence-electron chi connectivity index (χ2n) is 5.22. The van der Waals surface area contributed by atoms with Crippen molar-refractivity contribution < 1.29 is 14.3 Å². The van der Waals surface area contributed by atoms with Gasteiger partial charge in [-0.15, -0.1) is 11.3 Å². The van der Waals surface area contributed by atoms with Gasteiger partial charge in [0.15, 0.2) is 0 Å². The third-order valence-electron chi connectivity index (χ3n) is 3.45. The van der Waals surface area contributed by atoms with Gasteiger partial charge in [-0.2, -0.15) is 11.3 Å². The van der Waals surface area contributed by atoms with Gasteiger partial charge in [0.1, 0.15) is 11.4 Å². The van der Waals surface area contributed by atoms with E-state index in [1.165, 1.54) is 22.7 Å². The fourth-order valence-electron chi connectivity index (χ4n) is 2.13. The van der Waals surface area contributed by atoms with E-state index in [0.717, 1.165) is 4.88 Å². The topological polar surface area (TPSA) is 67.4 Å². The lowest BCUT2D eigenvalue weighted by Gasteiger charge is -2.11. The Hall–Kier alpha value is -2.90. The van der Waals surface area contributed by atoms with E-state index in [2.05, 4.69) is 10.6 Å². The molecule has 0 aliphatic rings. The first-order chi connectivity index (χ1) is 12.7. The molecule has 0 unspecified atom stereocenters. The molecule has 0 fully saturated rings. The summed E-state index contributed by atoms with van der Waals surface area (Å²) < 4.78 is 5.11. The van der Waals surface area contributed by atoms with E-state index in [-0.39, 0.29) is 11.6 Å². The van der Waals surface area contributed by atoms with Gasteiger partial charge in [-0.25, -0.2) is 0 Å². The first kappa shape index (κ1) is 17.9. The molecule has 2 amide bonds. The normalized spacial score (nSPS) is 11.0. The third-order valence-corrected chi connectivity index (χ3v) is 4.96. The molecule has 0 aliphatic heterocycles. The van der Waals surface area contributed by atoms with E-state index in [9.17, 15) is 9.59 Å². The Morgan fingerprint density at radius 3 is 2.50 bits per heavy atom. The third kappa shape index (κ3) is 4.59. The molecule has 5 nitrogen and oxygen atoms in total. The van der Waals surface area contributed by atoms with Crippen molar-refractivity contribution in [2.24, 2.45) is 0 Å². The monoisotopic (exact) mass is 384 g/mol. The van der Waals surface area contributed by atoms with Crippen LogP contribution in [0.25, 0.3) is 6.08 Å². The van der Waals surface area contributed by atoms with Crippen LogP contribution in [0.5, 0.6) is 5.75 Å². The van der Waals surface area contributed by atoms with Crippen LogP contribution in [-0.4, -0.2) is 18.9 Å². The minimum Gasteiger partial charge on any atom is -0.497 e. The van der Waals surface area contributed by atoms with Crippen molar-refractivity contribution in [3.05, 3.63) is 74.7 Å². The molecular weight excluding hydrogens is 368 g/mol. The molecule has 0 atom stereocenters. The van der Waals surface area contributed by atoms with Crippen LogP contribution < -0.4 is 15.4 Å². The zero-order valence-electron chi connectivity index (χ0n) is 13.9. The number of thiophene rings is 2. The van der Waals surface area contributed by atoms with Gasteiger partial charge in [0.05, 0.1) is 12.7 Å². The summed E-state index contributed by atoms with van der Waals surface area (Å²) in [5.74, 6) is -0.0193. The average molecular weight is 384 g/mol. The number of ether oxygens (including phenoxy) is 1. The maximum atomic E-state index is 12.7. The number of methoxy groups -OCH3 is 1. The Morgan fingerprint density at radius 2 is 1.88 bits per heavy atom. The summed E-state index contributed by atoms with van der Waals surface area (Å²) in [6.45, 7) is 0. The van der Waals surface area contributed by atoms with Crippen LogP contribution in [0, 0.1) is 0 Å². The molecule has 26 heavy (non-hydrogen) atoms. The maximum Gasteiger partial charge on any atom is 0.272 e. The van der Waals surface area contributed by atoms with Crippen LogP contribution in [0.2, 0.25) is 0 Å². The number of benzene rings is 1. The highest BCUT2D eigenvalue weighted by atomic mass is 32.1. The maximum absolute atomic E-state index is 12.7. The Labute approximate surface area is 158 Å². The lowest BCUT2D eigenvalue weighted by atomic mass is 10.2. The Kier molecular flexibility index (Phi) is 5.83. The zero-order valence-corrected chi connectivity index (χ0v) is 15.5. The summed E-state index contributed by atoms with van der Waals surface area (Å²) in [6, 6.07) is 12.5. The summed E-state index contributed by atoms with van der Waals surface area (Å²) in [5, 5.41) is 10.9. The molecule has 2 N–H and O–H groups in total. The molecule has 1 aromatic carbocycles. The van der Waals surface area contributed by atoms with Gasteiger partial charge in [-0.1, -0.05) is 6.07 Å².